The zero-order chi connectivity index (χ0) is 18.0. The van der Waals surface area contributed by atoms with E-state index in [-0.39, 0.29) is 29.5 Å². The van der Waals surface area contributed by atoms with Crippen LogP contribution in [0.1, 0.15) is 5.56 Å². The molecule has 5 nitrogen and oxygen atoms in total. The maximum Gasteiger partial charge on any atom is 0.227 e. The summed E-state index contributed by atoms with van der Waals surface area (Å²) < 4.78 is 25.4. The molecule has 0 bridgehead atoms. The molecule has 0 radical (unpaired) electrons. The van der Waals surface area contributed by atoms with Gasteiger partial charge in [-0.15, -0.1) is 0 Å². The molecule has 2 saturated heterocycles. The second-order valence-electron chi connectivity index (χ2n) is 7.09. The van der Waals surface area contributed by atoms with Crippen LogP contribution in [0, 0.1) is 17.2 Å². The summed E-state index contributed by atoms with van der Waals surface area (Å²) >= 11 is 0. The van der Waals surface area contributed by atoms with Crippen molar-refractivity contribution in [1.29, 1.82) is 0 Å². The zero-order valence-corrected chi connectivity index (χ0v) is 14.4. The van der Waals surface area contributed by atoms with Crippen LogP contribution < -0.4 is 4.74 Å². The monoisotopic (exact) mass is 356 g/mol. The molecule has 0 unspecified atom stereocenters. The van der Waals surface area contributed by atoms with Crippen molar-refractivity contribution in [2.24, 2.45) is 11.3 Å². The summed E-state index contributed by atoms with van der Waals surface area (Å²) in [5.74, 6) is 0.566. The third kappa shape index (κ3) is 3.29. The van der Waals surface area contributed by atoms with Crippen LogP contribution in [0.5, 0.6) is 5.75 Å². The van der Waals surface area contributed by atoms with E-state index in [0.717, 1.165) is 0 Å². The van der Waals surface area contributed by atoms with E-state index in [0.29, 0.717) is 44.2 Å². The van der Waals surface area contributed by atoms with Crippen LogP contribution in [-0.2, 0) is 16.0 Å². The van der Waals surface area contributed by atoms with Gasteiger partial charge in [0.1, 0.15) is 11.6 Å². The number of carbonyl (C=O) groups excluding carboxylic acids is 1. The predicted molar refractivity (Wildman–Crippen MR) is 93.2 cm³/mol. The molecule has 1 aromatic carbocycles. The van der Waals surface area contributed by atoms with E-state index in [1.54, 1.807) is 30.6 Å². The number of ether oxygens (including phenoxy) is 2. The Labute approximate surface area is 151 Å². The number of rotatable bonds is 5. The summed E-state index contributed by atoms with van der Waals surface area (Å²) in [6.45, 7) is 2.88. The van der Waals surface area contributed by atoms with Gasteiger partial charge < -0.3 is 14.4 Å². The molecule has 2 fully saturated rings. The van der Waals surface area contributed by atoms with Gasteiger partial charge in [0.15, 0.2) is 0 Å². The Morgan fingerprint density at radius 2 is 2.23 bits per heavy atom. The minimum Gasteiger partial charge on any atom is -0.491 e. The summed E-state index contributed by atoms with van der Waals surface area (Å²) in [5, 5.41) is 0. The van der Waals surface area contributed by atoms with Crippen LogP contribution in [0.4, 0.5) is 4.39 Å². The number of amides is 1. The number of nitrogens with zero attached hydrogens (tertiary/aromatic N) is 2. The van der Waals surface area contributed by atoms with E-state index in [9.17, 15) is 9.18 Å². The van der Waals surface area contributed by atoms with Crippen molar-refractivity contribution in [2.45, 2.75) is 6.42 Å². The van der Waals surface area contributed by atoms with Crippen LogP contribution >= 0.6 is 0 Å². The van der Waals surface area contributed by atoms with Gasteiger partial charge in [-0.2, -0.15) is 0 Å². The van der Waals surface area contributed by atoms with Gasteiger partial charge in [-0.3, -0.25) is 9.78 Å². The Morgan fingerprint density at radius 1 is 1.35 bits per heavy atom. The largest absolute Gasteiger partial charge is 0.491 e. The van der Waals surface area contributed by atoms with E-state index in [4.69, 9.17) is 9.47 Å². The first-order valence-corrected chi connectivity index (χ1v) is 8.78. The molecule has 3 heterocycles. The third-order valence-corrected chi connectivity index (χ3v) is 5.33. The summed E-state index contributed by atoms with van der Waals surface area (Å²) in [7, 11) is 0. The van der Waals surface area contributed by atoms with E-state index in [1.165, 1.54) is 6.07 Å². The smallest absolute Gasteiger partial charge is 0.227 e. The fraction of sp³-hybridized carbons (Fsp3) is 0.400. The third-order valence-electron chi connectivity index (χ3n) is 5.33. The minimum absolute atomic E-state index is 0.0507. The molecule has 1 aromatic heterocycles. The molecule has 2 atom stereocenters. The van der Waals surface area contributed by atoms with Crippen molar-refractivity contribution >= 4 is 5.91 Å². The number of likely N-dealkylation sites (tertiary alicyclic amines) is 1. The van der Waals surface area contributed by atoms with Gasteiger partial charge in [0, 0.05) is 25.2 Å². The maximum atomic E-state index is 13.8. The Morgan fingerprint density at radius 3 is 3.04 bits per heavy atom. The van der Waals surface area contributed by atoms with Crippen molar-refractivity contribution in [3.63, 3.8) is 0 Å². The first-order valence-electron chi connectivity index (χ1n) is 8.78. The Bertz CT molecular complexity index is 786. The highest BCUT2D eigenvalue weighted by atomic mass is 19.1. The highest BCUT2D eigenvalue weighted by molar-refractivity contribution is 5.79. The van der Waals surface area contributed by atoms with Gasteiger partial charge in [-0.25, -0.2) is 4.39 Å². The Balaban J connectivity index is 1.43. The van der Waals surface area contributed by atoms with Crippen molar-refractivity contribution < 1.29 is 18.7 Å². The summed E-state index contributed by atoms with van der Waals surface area (Å²) in [6.07, 6.45) is 3.46. The molecular formula is C20H21FN2O3. The topological polar surface area (TPSA) is 51.7 Å². The average Bonchev–Trinajstić information content (AvgIpc) is 3.20. The minimum atomic E-state index is -0.335. The number of fused-ring (bicyclic) bond motifs is 1. The second-order valence-corrected chi connectivity index (χ2v) is 7.09. The SMILES string of the molecule is O=C(Cc1ccccc1F)N1C[C@@H]2COC[C@]2(COc2cccnc2)C1. The van der Waals surface area contributed by atoms with Crippen LogP contribution in [0.3, 0.4) is 0 Å². The molecule has 136 valence electrons. The van der Waals surface area contributed by atoms with Gasteiger partial charge >= 0.3 is 0 Å². The normalized spacial score (nSPS) is 24.5. The number of benzene rings is 1. The van der Waals surface area contributed by atoms with Crippen LogP contribution in [0.2, 0.25) is 0 Å². The summed E-state index contributed by atoms with van der Waals surface area (Å²) in [6, 6.07) is 10.1. The number of carbonyl (C=O) groups is 1. The summed E-state index contributed by atoms with van der Waals surface area (Å²) in [4.78, 5) is 18.6. The van der Waals surface area contributed by atoms with Gasteiger partial charge in [-0.05, 0) is 23.8 Å². The molecule has 2 aliphatic rings. The fourth-order valence-corrected chi connectivity index (χ4v) is 3.80. The van der Waals surface area contributed by atoms with Gasteiger partial charge in [0.05, 0.1) is 37.9 Å². The van der Waals surface area contributed by atoms with Crippen LogP contribution in [0.25, 0.3) is 0 Å². The molecule has 0 spiro atoms. The van der Waals surface area contributed by atoms with Crippen molar-refractivity contribution in [2.75, 3.05) is 32.9 Å². The molecule has 0 aliphatic carbocycles. The molecule has 2 aliphatic heterocycles. The highest BCUT2D eigenvalue weighted by Gasteiger charge is 2.52. The van der Waals surface area contributed by atoms with Crippen LogP contribution in [-0.4, -0.2) is 48.7 Å². The van der Waals surface area contributed by atoms with Crippen molar-refractivity contribution in [3.8, 4) is 5.75 Å². The molecule has 6 heteroatoms. The lowest BCUT2D eigenvalue weighted by molar-refractivity contribution is -0.130. The number of hydrogen-bond acceptors (Lipinski definition) is 4. The number of aromatic nitrogens is 1. The Kier molecular flexibility index (Phi) is 4.59. The van der Waals surface area contributed by atoms with Gasteiger partial charge in [0.25, 0.3) is 0 Å². The maximum absolute atomic E-state index is 13.8. The molecule has 26 heavy (non-hydrogen) atoms. The van der Waals surface area contributed by atoms with Gasteiger partial charge in [-0.1, -0.05) is 18.2 Å². The molecule has 2 aromatic rings. The fourth-order valence-electron chi connectivity index (χ4n) is 3.80. The van der Waals surface area contributed by atoms with Gasteiger partial charge in [0.2, 0.25) is 5.91 Å². The van der Waals surface area contributed by atoms with E-state index in [2.05, 4.69) is 4.98 Å². The summed E-state index contributed by atoms with van der Waals surface area (Å²) in [5.41, 5.74) is 0.229. The first kappa shape index (κ1) is 17.0. The molecule has 1 amide bonds. The molecular weight excluding hydrogens is 335 g/mol. The average molecular weight is 356 g/mol. The lowest BCUT2D eigenvalue weighted by Gasteiger charge is -2.27. The lowest BCUT2D eigenvalue weighted by atomic mass is 9.82. The number of halogens is 1. The van der Waals surface area contributed by atoms with E-state index >= 15 is 0 Å². The second kappa shape index (κ2) is 7.03. The standard InChI is InChI=1S/C20H21FN2O3/c21-18-6-2-1-4-15(18)8-19(24)23-10-16-11-25-13-20(16,12-23)14-26-17-5-3-7-22-9-17/h1-7,9,16H,8,10-14H2/t16-,20+/m1/s1. The number of hydrogen-bond donors (Lipinski definition) is 0. The number of pyridine rings is 1. The molecule has 4 rings (SSSR count). The molecule has 0 saturated carbocycles. The van der Waals surface area contributed by atoms with Crippen molar-refractivity contribution in [3.05, 3.63) is 60.2 Å². The van der Waals surface area contributed by atoms with Crippen LogP contribution in [0.15, 0.2) is 48.8 Å². The van der Waals surface area contributed by atoms with E-state index in [1.807, 2.05) is 17.0 Å². The lowest BCUT2D eigenvalue weighted by Crippen LogP contribution is -2.38. The quantitative estimate of drug-likeness (QED) is 0.825. The predicted octanol–water partition coefficient (Wildman–Crippen LogP) is 2.32. The first-order chi connectivity index (χ1) is 12.7. The van der Waals surface area contributed by atoms with Crippen molar-refractivity contribution in [1.82, 2.24) is 9.88 Å². The zero-order valence-electron chi connectivity index (χ0n) is 14.4. The van der Waals surface area contributed by atoms with E-state index < -0.39 is 0 Å². The highest BCUT2D eigenvalue weighted by Crippen LogP contribution is 2.41. The molecule has 0 N–H and O–H groups in total. The Hall–Kier alpha value is -2.47.